The van der Waals surface area contributed by atoms with Crippen LogP contribution >= 0.6 is 23.1 Å². The van der Waals surface area contributed by atoms with E-state index >= 15 is 0 Å². The number of ketones is 1. The lowest BCUT2D eigenvalue weighted by molar-refractivity contribution is 0.101. The summed E-state index contributed by atoms with van der Waals surface area (Å²) in [7, 11) is 3.07. The number of nitrogens with one attached hydrogen (secondary N) is 1. The van der Waals surface area contributed by atoms with E-state index in [1.165, 1.54) is 42.3 Å². The van der Waals surface area contributed by atoms with E-state index < -0.39 is 0 Å². The van der Waals surface area contributed by atoms with Crippen molar-refractivity contribution in [1.29, 1.82) is 0 Å². The third-order valence-corrected chi connectivity index (χ3v) is 5.87. The van der Waals surface area contributed by atoms with Crippen molar-refractivity contribution in [2.75, 3.05) is 26.1 Å². The molecule has 0 aliphatic rings. The van der Waals surface area contributed by atoms with Crippen molar-refractivity contribution in [3.05, 3.63) is 59.4 Å². The molecule has 0 amide bonds. The maximum Gasteiger partial charge on any atom is 0.206 e. The molecule has 9 heteroatoms. The molecule has 0 atom stereocenters. The first-order valence-electron chi connectivity index (χ1n) is 8.29. The number of rotatable bonds is 9. The number of aromatic nitrogens is 2. The van der Waals surface area contributed by atoms with Crippen molar-refractivity contribution < 1.29 is 18.7 Å². The summed E-state index contributed by atoms with van der Waals surface area (Å²) in [6.45, 7) is 0.0900. The number of hydrogen-bond donors (Lipinski definition) is 1. The summed E-state index contributed by atoms with van der Waals surface area (Å²) in [6.07, 6.45) is 0. The number of halogens is 1. The Labute approximate surface area is 170 Å². The summed E-state index contributed by atoms with van der Waals surface area (Å²) in [4.78, 5) is 12.4. The highest BCUT2D eigenvalue weighted by atomic mass is 32.2. The van der Waals surface area contributed by atoms with Crippen LogP contribution in [-0.4, -0.2) is 36.7 Å². The molecule has 0 saturated heterocycles. The fraction of sp³-hybridized carbons (Fsp3) is 0.211. The summed E-state index contributed by atoms with van der Waals surface area (Å²) in [5.74, 6) is 1.38. The van der Waals surface area contributed by atoms with Gasteiger partial charge in [0.05, 0.1) is 20.8 Å². The van der Waals surface area contributed by atoms with Gasteiger partial charge in [0.15, 0.2) is 21.6 Å². The molecule has 0 bridgehead atoms. The fourth-order valence-electron chi connectivity index (χ4n) is 2.33. The van der Waals surface area contributed by atoms with Crippen molar-refractivity contribution in [3.8, 4) is 11.5 Å². The molecule has 28 heavy (non-hydrogen) atoms. The summed E-state index contributed by atoms with van der Waals surface area (Å²) < 4.78 is 24.1. The monoisotopic (exact) mass is 419 g/mol. The quantitative estimate of drug-likeness (QED) is 0.410. The zero-order valence-corrected chi connectivity index (χ0v) is 16.9. The molecular formula is C19H18FN3O3S2. The van der Waals surface area contributed by atoms with Crippen LogP contribution in [0.4, 0.5) is 9.52 Å². The SMILES string of the molecule is COc1ccc(C(=O)CNc2nnc(SCc3ccc(F)cc3)s2)cc1OC. The van der Waals surface area contributed by atoms with E-state index in [0.29, 0.717) is 27.9 Å². The van der Waals surface area contributed by atoms with Gasteiger partial charge in [-0.15, -0.1) is 10.2 Å². The third-order valence-electron chi connectivity index (χ3n) is 3.79. The molecular weight excluding hydrogens is 401 g/mol. The van der Waals surface area contributed by atoms with Crippen LogP contribution in [0.1, 0.15) is 15.9 Å². The summed E-state index contributed by atoms with van der Waals surface area (Å²) in [6, 6.07) is 11.4. The second-order valence-corrected chi connectivity index (χ2v) is 7.83. The standard InChI is InChI=1S/C19H18FN3O3S2/c1-25-16-8-5-13(9-17(16)26-2)15(24)10-21-18-22-23-19(28-18)27-11-12-3-6-14(20)7-4-12/h3-9H,10-11H2,1-2H3,(H,21,22). The zero-order chi connectivity index (χ0) is 19.9. The van der Waals surface area contributed by atoms with Crippen LogP contribution in [0.15, 0.2) is 46.8 Å². The third kappa shape index (κ3) is 5.20. The topological polar surface area (TPSA) is 73.3 Å². The van der Waals surface area contributed by atoms with Gasteiger partial charge in [-0.25, -0.2) is 4.39 Å². The Kier molecular flexibility index (Phi) is 6.83. The molecule has 3 rings (SSSR count). The van der Waals surface area contributed by atoms with Crippen LogP contribution in [0, 0.1) is 5.82 Å². The number of carbonyl (C=O) groups is 1. The molecule has 0 radical (unpaired) electrons. The first-order valence-corrected chi connectivity index (χ1v) is 10.1. The number of carbonyl (C=O) groups excluding carboxylic acids is 1. The van der Waals surface area contributed by atoms with Gasteiger partial charge in [0.25, 0.3) is 0 Å². The van der Waals surface area contributed by atoms with Crippen LogP contribution in [0.25, 0.3) is 0 Å². The predicted octanol–water partition coefficient (Wildman–Crippen LogP) is 4.28. The highest BCUT2D eigenvalue weighted by molar-refractivity contribution is 8.00. The minimum absolute atomic E-state index is 0.0900. The van der Waals surface area contributed by atoms with Gasteiger partial charge in [-0.2, -0.15) is 0 Å². The summed E-state index contributed by atoms with van der Waals surface area (Å²) in [5.41, 5.74) is 1.51. The second kappa shape index (κ2) is 9.52. The zero-order valence-electron chi connectivity index (χ0n) is 15.3. The Morgan fingerprint density at radius 2 is 1.86 bits per heavy atom. The van der Waals surface area contributed by atoms with Crippen LogP contribution < -0.4 is 14.8 Å². The van der Waals surface area contributed by atoms with Crippen molar-refractivity contribution >= 4 is 34.0 Å². The largest absolute Gasteiger partial charge is 0.493 e. The molecule has 0 unspecified atom stereocenters. The van der Waals surface area contributed by atoms with E-state index in [9.17, 15) is 9.18 Å². The van der Waals surface area contributed by atoms with Crippen molar-refractivity contribution in [2.24, 2.45) is 0 Å². The average Bonchev–Trinajstić information content (AvgIpc) is 3.19. The Morgan fingerprint density at radius 3 is 2.57 bits per heavy atom. The number of methoxy groups -OCH3 is 2. The van der Waals surface area contributed by atoms with Gasteiger partial charge in [-0.05, 0) is 35.9 Å². The van der Waals surface area contributed by atoms with E-state index in [2.05, 4.69) is 15.5 Å². The smallest absolute Gasteiger partial charge is 0.206 e. The molecule has 6 nitrogen and oxygen atoms in total. The Bertz CT molecular complexity index is 948. The van der Waals surface area contributed by atoms with E-state index in [1.54, 1.807) is 37.4 Å². The number of Topliss-reactive ketones (excluding diaryl/α,β-unsaturated/α-hetero) is 1. The van der Waals surface area contributed by atoms with Crippen molar-refractivity contribution in [1.82, 2.24) is 10.2 Å². The molecule has 146 valence electrons. The molecule has 0 fully saturated rings. The number of ether oxygens (including phenoxy) is 2. The highest BCUT2D eigenvalue weighted by Crippen LogP contribution is 2.29. The second-order valence-electron chi connectivity index (χ2n) is 5.63. The number of hydrogen-bond acceptors (Lipinski definition) is 8. The van der Waals surface area contributed by atoms with Crippen LogP contribution in [0.2, 0.25) is 0 Å². The summed E-state index contributed by atoms with van der Waals surface area (Å²) in [5, 5.41) is 11.7. The van der Waals surface area contributed by atoms with Gasteiger partial charge in [-0.3, -0.25) is 4.79 Å². The Hall–Kier alpha value is -2.65. The molecule has 1 heterocycles. The lowest BCUT2D eigenvalue weighted by Crippen LogP contribution is -2.14. The van der Waals surface area contributed by atoms with Gasteiger partial charge in [0.2, 0.25) is 5.13 Å². The lowest BCUT2D eigenvalue weighted by atomic mass is 10.1. The van der Waals surface area contributed by atoms with Gasteiger partial charge in [0, 0.05) is 11.3 Å². The normalized spacial score (nSPS) is 10.5. The minimum atomic E-state index is -0.254. The van der Waals surface area contributed by atoms with Gasteiger partial charge < -0.3 is 14.8 Å². The van der Waals surface area contributed by atoms with Crippen LogP contribution in [-0.2, 0) is 5.75 Å². The van der Waals surface area contributed by atoms with Crippen molar-refractivity contribution in [3.63, 3.8) is 0 Å². The summed E-state index contributed by atoms with van der Waals surface area (Å²) >= 11 is 2.87. The molecule has 1 aromatic heterocycles. The highest BCUT2D eigenvalue weighted by Gasteiger charge is 2.12. The van der Waals surface area contributed by atoms with Crippen LogP contribution in [0.5, 0.6) is 11.5 Å². The predicted molar refractivity (Wildman–Crippen MR) is 108 cm³/mol. The minimum Gasteiger partial charge on any atom is -0.493 e. The first kappa shape index (κ1) is 20.1. The van der Waals surface area contributed by atoms with Gasteiger partial charge in [0.1, 0.15) is 5.82 Å². The molecule has 0 aliphatic carbocycles. The maximum atomic E-state index is 12.9. The average molecular weight is 420 g/mol. The Morgan fingerprint density at radius 1 is 1.11 bits per heavy atom. The number of nitrogens with zero attached hydrogens (tertiary/aromatic N) is 2. The molecule has 0 spiro atoms. The molecule has 0 saturated carbocycles. The van der Waals surface area contributed by atoms with E-state index in [1.807, 2.05) is 0 Å². The number of anilines is 1. The number of thioether (sulfide) groups is 1. The fourth-order valence-corrected chi connectivity index (χ4v) is 4.04. The molecule has 0 aliphatic heterocycles. The first-order chi connectivity index (χ1) is 13.6. The maximum absolute atomic E-state index is 12.9. The van der Waals surface area contributed by atoms with Gasteiger partial charge in [-0.1, -0.05) is 35.2 Å². The van der Waals surface area contributed by atoms with Crippen molar-refractivity contribution in [2.45, 2.75) is 10.1 Å². The molecule has 3 aromatic rings. The van der Waals surface area contributed by atoms with E-state index in [0.717, 1.165) is 9.90 Å². The van der Waals surface area contributed by atoms with Crippen LogP contribution in [0.3, 0.4) is 0 Å². The van der Waals surface area contributed by atoms with E-state index in [-0.39, 0.29) is 18.1 Å². The molecule has 1 N–H and O–H groups in total. The Balaban J connectivity index is 1.53. The van der Waals surface area contributed by atoms with E-state index in [4.69, 9.17) is 9.47 Å². The van der Waals surface area contributed by atoms with Gasteiger partial charge >= 0.3 is 0 Å². The lowest BCUT2D eigenvalue weighted by Gasteiger charge is -2.09. The molecule has 2 aromatic carbocycles. The number of benzene rings is 2.